The minimum absolute atomic E-state index is 0. The molecule has 0 saturated carbocycles. The molecule has 2 heterocycles. The van der Waals surface area contributed by atoms with Crippen LogP contribution >= 0.6 is 24.8 Å². The van der Waals surface area contributed by atoms with Crippen molar-refractivity contribution in [3.8, 4) is 5.75 Å². The van der Waals surface area contributed by atoms with Crippen molar-refractivity contribution < 1.29 is 14.6 Å². The Morgan fingerprint density at radius 3 is 2.90 bits per heavy atom. The summed E-state index contributed by atoms with van der Waals surface area (Å²) in [6.45, 7) is 1.74. The molecule has 1 saturated heterocycles. The van der Waals surface area contributed by atoms with E-state index in [9.17, 15) is 9.90 Å². The summed E-state index contributed by atoms with van der Waals surface area (Å²) in [5, 5.41) is 15.4. The van der Waals surface area contributed by atoms with Crippen LogP contribution in [-0.4, -0.2) is 48.3 Å². The lowest BCUT2D eigenvalue weighted by Crippen LogP contribution is -2.36. The highest BCUT2D eigenvalue weighted by Gasteiger charge is 2.24. The zero-order chi connectivity index (χ0) is 12.8. The lowest BCUT2D eigenvalue weighted by atomic mass is 10.1. The molecule has 1 aliphatic rings. The van der Waals surface area contributed by atoms with Crippen molar-refractivity contribution in [1.29, 1.82) is 0 Å². The third-order valence-electron chi connectivity index (χ3n) is 2.87. The number of carbonyl (C=O) groups is 1. The Balaban J connectivity index is 0.00000180. The molecular weight excluding hydrogens is 305 g/mol. The molecule has 3 N–H and O–H groups in total. The SMILES string of the molecule is Cl.Cl.O=C(COc1cccnc1)NCC1CNCC1O. The number of aliphatic hydroxyl groups excluding tert-OH is 1. The maximum Gasteiger partial charge on any atom is 0.257 e. The van der Waals surface area contributed by atoms with Crippen LogP contribution in [0.3, 0.4) is 0 Å². The molecule has 1 amide bonds. The second kappa shape index (κ2) is 9.77. The van der Waals surface area contributed by atoms with Crippen LogP contribution in [-0.2, 0) is 4.79 Å². The molecule has 0 bridgehead atoms. The lowest BCUT2D eigenvalue weighted by molar-refractivity contribution is -0.123. The number of aromatic nitrogens is 1. The monoisotopic (exact) mass is 323 g/mol. The van der Waals surface area contributed by atoms with E-state index in [1.54, 1.807) is 24.5 Å². The number of halogens is 2. The molecule has 2 rings (SSSR count). The number of ether oxygens (including phenoxy) is 1. The van der Waals surface area contributed by atoms with Crippen molar-refractivity contribution in [2.24, 2.45) is 5.92 Å². The minimum Gasteiger partial charge on any atom is -0.482 e. The molecule has 2 atom stereocenters. The molecule has 2 unspecified atom stereocenters. The van der Waals surface area contributed by atoms with Crippen molar-refractivity contribution in [2.45, 2.75) is 6.10 Å². The standard InChI is InChI=1S/C12H17N3O3.2ClH/c16-11-7-14-4-9(11)5-15-12(17)8-18-10-2-1-3-13-6-10;;/h1-3,6,9,11,14,16H,4-5,7-8H2,(H,15,17);2*1H. The van der Waals surface area contributed by atoms with Gasteiger partial charge in [-0.05, 0) is 12.1 Å². The Labute approximate surface area is 130 Å². The molecule has 0 radical (unpaired) electrons. The van der Waals surface area contributed by atoms with Gasteiger partial charge in [-0.3, -0.25) is 9.78 Å². The van der Waals surface area contributed by atoms with Crippen LogP contribution in [0.1, 0.15) is 0 Å². The molecular formula is C12H19Cl2N3O3. The van der Waals surface area contributed by atoms with Crippen LogP contribution in [0.5, 0.6) is 5.75 Å². The van der Waals surface area contributed by atoms with Crippen LogP contribution in [0.4, 0.5) is 0 Å². The van der Waals surface area contributed by atoms with Gasteiger partial charge < -0.3 is 20.5 Å². The van der Waals surface area contributed by atoms with Gasteiger partial charge in [0.05, 0.1) is 12.3 Å². The first-order valence-electron chi connectivity index (χ1n) is 5.94. The first-order valence-corrected chi connectivity index (χ1v) is 5.94. The van der Waals surface area contributed by atoms with Gasteiger partial charge in [0.25, 0.3) is 5.91 Å². The first kappa shape index (κ1) is 18.9. The maximum atomic E-state index is 11.5. The fraction of sp³-hybridized carbons (Fsp3) is 0.500. The van der Waals surface area contributed by atoms with Gasteiger partial charge in [0.15, 0.2) is 6.61 Å². The molecule has 1 aromatic rings. The molecule has 20 heavy (non-hydrogen) atoms. The number of aliphatic hydroxyl groups is 1. The van der Waals surface area contributed by atoms with Crippen LogP contribution in [0.25, 0.3) is 0 Å². The molecule has 0 aromatic carbocycles. The third-order valence-corrected chi connectivity index (χ3v) is 2.87. The number of amides is 1. The van der Waals surface area contributed by atoms with Crippen molar-refractivity contribution >= 4 is 30.7 Å². The van der Waals surface area contributed by atoms with Crippen LogP contribution in [0.2, 0.25) is 0 Å². The minimum atomic E-state index is -0.385. The van der Waals surface area contributed by atoms with Crippen LogP contribution in [0, 0.1) is 5.92 Å². The fourth-order valence-corrected chi connectivity index (χ4v) is 1.80. The van der Waals surface area contributed by atoms with Gasteiger partial charge in [-0.2, -0.15) is 0 Å². The maximum absolute atomic E-state index is 11.5. The highest BCUT2D eigenvalue weighted by molar-refractivity contribution is 5.85. The molecule has 6 nitrogen and oxygen atoms in total. The van der Waals surface area contributed by atoms with Crippen LogP contribution in [0.15, 0.2) is 24.5 Å². The topological polar surface area (TPSA) is 83.5 Å². The highest BCUT2D eigenvalue weighted by atomic mass is 35.5. The number of pyridine rings is 1. The van der Waals surface area contributed by atoms with Gasteiger partial charge >= 0.3 is 0 Å². The van der Waals surface area contributed by atoms with Gasteiger partial charge in [-0.15, -0.1) is 24.8 Å². The van der Waals surface area contributed by atoms with E-state index in [4.69, 9.17) is 4.74 Å². The number of hydrogen-bond acceptors (Lipinski definition) is 5. The molecule has 114 valence electrons. The number of hydrogen-bond donors (Lipinski definition) is 3. The van der Waals surface area contributed by atoms with E-state index >= 15 is 0 Å². The smallest absolute Gasteiger partial charge is 0.257 e. The summed E-state index contributed by atoms with van der Waals surface area (Å²) in [6, 6.07) is 3.48. The summed E-state index contributed by atoms with van der Waals surface area (Å²) in [5.41, 5.74) is 0. The molecule has 8 heteroatoms. The zero-order valence-corrected chi connectivity index (χ0v) is 12.5. The summed E-state index contributed by atoms with van der Waals surface area (Å²) in [5.74, 6) is 0.445. The Morgan fingerprint density at radius 2 is 2.30 bits per heavy atom. The third kappa shape index (κ3) is 5.92. The van der Waals surface area contributed by atoms with Gasteiger partial charge in [0.2, 0.25) is 0 Å². The Morgan fingerprint density at radius 1 is 1.50 bits per heavy atom. The normalized spacial score (nSPS) is 20.4. The van der Waals surface area contributed by atoms with E-state index in [2.05, 4.69) is 15.6 Å². The van der Waals surface area contributed by atoms with E-state index < -0.39 is 0 Å². The molecule has 1 aliphatic heterocycles. The molecule has 0 aliphatic carbocycles. The summed E-state index contributed by atoms with van der Waals surface area (Å²) >= 11 is 0. The van der Waals surface area contributed by atoms with E-state index in [1.807, 2.05) is 0 Å². The van der Waals surface area contributed by atoms with Crippen LogP contribution < -0.4 is 15.4 Å². The number of β-amino-alcohol motifs (C(OH)–C–C–N with tert-alkyl or cyclic N) is 1. The average molecular weight is 324 g/mol. The second-order valence-electron chi connectivity index (χ2n) is 4.27. The van der Waals surface area contributed by atoms with Gasteiger partial charge in [-0.1, -0.05) is 0 Å². The second-order valence-corrected chi connectivity index (χ2v) is 4.27. The Bertz CT molecular complexity index is 395. The van der Waals surface area contributed by atoms with E-state index in [0.717, 1.165) is 6.54 Å². The quantitative estimate of drug-likeness (QED) is 0.710. The molecule has 1 aromatic heterocycles. The number of carbonyl (C=O) groups excluding carboxylic acids is 1. The largest absolute Gasteiger partial charge is 0.482 e. The first-order chi connectivity index (χ1) is 8.75. The predicted octanol–water partition coefficient (Wildman–Crippen LogP) is 0.000500. The van der Waals surface area contributed by atoms with E-state index in [1.165, 1.54) is 0 Å². The number of rotatable bonds is 5. The summed E-state index contributed by atoms with van der Waals surface area (Å²) in [7, 11) is 0. The van der Waals surface area contributed by atoms with E-state index in [-0.39, 0.29) is 49.4 Å². The average Bonchev–Trinajstić information content (AvgIpc) is 2.81. The Kier molecular flexibility index (Phi) is 9.24. The highest BCUT2D eigenvalue weighted by Crippen LogP contribution is 2.07. The lowest BCUT2D eigenvalue weighted by Gasteiger charge is -2.14. The van der Waals surface area contributed by atoms with Gasteiger partial charge in [0, 0.05) is 31.7 Å². The fourth-order valence-electron chi connectivity index (χ4n) is 1.80. The van der Waals surface area contributed by atoms with Gasteiger partial charge in [-0.25, -0.2) is 0 Å². The van der Waals surface area contributed by atoms with Crippen molar-refractivity contribution in [1.82, 2.24) is 15.6 Å². The molecule has 0 spiro atoms. The summed E-state index contributed by atoms with van der Waals surface area (Å²) in [6.07, 6.45) is 2.81. The molecule has 1 fully saturated rings. The van der Waals surface area contributed by atoms with Crippen molar-refractivity contribution in [3.05, 3.63) is 24.5 Å². The number of nitrogens with zero attached hydrogens (tertiary/aromatic N) is 1. The van der Waals surface area contributed by atoms with Gasteiger partial charge in [0.1, 0.15) is 5.75 Å². The Hall–Kier alpha value is -1.08. The predicted molar refractivity (Wildman–Crippen MR) is 79.6 cm³/mol. The van der Waals surface area contributed by atoms with Crippen molar-refractivity contribution in [2.75, 3.05) is 26.2 Å². The van der Waals surface area contributed by atoms with E-state index in [0.29, 0.717) is 18.8 Å². The summed E-state index contributed by atoms with van der Waals surface area (Å²) in [4.78, 5) is 15.4. The number of nitrogens with one attached hydrogen (secondary N) is 2. The summed E-state index contributed by atoms with van der Waals surface area (Å²) < 4.78 is 5.26. The zero-order valence-electron chi connectivity index (χ0n) is 10.8. The van der Waals surface area contributed by atoms with Crippen molar-refractivity contribution in [3.63, 3.8) is 0 Å².